The topological polar surface area (TPSA) is 63.5 Å². The molecule has 0 aliphatic carbocycles. The van der Waals surface area contributed by atoms with Crippen LogP contribution in [0.5, 0.6) is 0 Å². The fourth-order valence-corrected chi connectivity index (χ4v) is 1.43. The van der Waals surface area contributed by atoms with E-state index in [9.17, 15) is 14.9 Å². The molecule has 5 heteroatoms. The zero-order valence-electron chi connectivity index (χ0n) is 10.1. The van der Waals surface area contributed by atoms with Gasteiger partial charge in [-0.25, -0.2) is 0 Å². The average molecular weight is 234 g/mol. The predicted molar refractivity (Wildman–Crippen MR) is 65.8 cm³/mol. The van der Waals surface area contributed by atoms with Gasteiger partial charge in [0.25, 0.3) is 11.6 Å². The second kappa shape index (κ2) is 4.78. The smallest absolute Gasteiger partial charge is 0.276 e. The van der Waals surface area contributed by atoms with Gasteiger partial charge in [-0.05, 0) is 24.6 Å². The number of nitro benzene ring substituents is 1. The maximum atomic E-state index is 11.7. The van der Waals surface area contributed by atoms with Crippen molar-refractivity contribution in [2.75, 3.05) is 14.1 Å². The molecule has 0 bridgehead atoms. The minimum absolute atomic E-state index is 0.0344. The molecular weight excluding hydrogens is 220 g/mol. The van der Waals surface area contributed by atoms with Crippen LogP contribution in [0.3, 0.4) is 0 Å². The molecule has 0 saturated carbocycles. The molecule has 17 heavy (non-hydrogen) atoms. The first kappa shape index (κ1) is 12.9. The van der Waals surface area contributed by atoms with E-state index >= 15 is 0 Å². The van der Waals surface area contributed by atoms with Crippen molar-refractivity contribution < 1.29 is 9.72 Å². The Morgan fingerprint density at radius 1 is 1.41 bits per heavy atom. The molecule has 0 fully saturated rings. The number of hydrogen-bond donors (Lipinski definition) is 0. The van der Waals surface area contributed by atoms with Crippen molar-refractivity contribution in [1.29, 1.82) is 0 Å². The van der Waals surface area contributed by atoms with Gasteiger partial charge in [0.05, 0.1) is 10.5 Å². The van der Waals surface area contributed by atoms with Gasteiger partial charge < -0.3 is 4.90 Å². The summed E-state index contributed by atoms with van der Waals surface area (Å²) in [5.41, 5.74) is 1.33. The monoisotopic (exact) mass is 234 g/mol. The molecule has 0 aliphatic heterocycles. The highest BCUT2D eigenvalue weighted by Gasteiger charge is 2.17. The molecule has 0 saturated heterocycles. The summed E-state index contributed by atoms with van der Waals surface area (Å²) in [7, 11) is 3.26. The third-order valence-electron chi connectivity index (χ3n) is 2.31. The highest BCUT2D eigenvalue weighted by Crippen LogP contribution is 2.26. The molecule has 0 heterocycles. The van der Waals surface area contributed by atoms with Gasteiger partial charge in [0.15, 0.2) is 0 Å². The molecule has 1 aromatic carbocycles. The Hall–Kier alpha value is -2.17. The Balaban J connectivity index is 3.33. The standard InChI is InChI=1S/C12H14N2O3/c1-8(2)10-7-9(12(15)13(3)4)5-6-11(10)14(16)17/h5-7H,1H2,2-4H3. The SMILES string of the molecule is C=C(C)c1cc(C(=O)N(C)C)ccc1[N+](=O)[O-]. The number of nitro groups is 1. The van der Waals surface area contributed by atoms with E-state index in [1.54, 1.807) is 21.0 Å². The number of allylic oxidation sites excluding steroid dienone is 1. The van der Waals surface area contributed by atoms with Crippen LogP contribution in [0.25, 0.3) is 5.57 Å². The Morgan fingerprint density at radius 2 is 2.00 bits per heavy atom. The van der Waals surface area contributed by atoms with E-state index in [2.05, 4.69) is 6.58 Å². The third-order valence-corrected chi connectivity index (χ3v) is 2.31. The number of amides is 1. The molecule has 0 aliphatic rings. The number of nitrogens with zero attached hydrogens (tertiary/aromatic N) is 2. The van der Waals surface area contributed by atoms with Gasteiger partial charge >= 0.3 is 0 Å². The first-order valence-corrected chi connectivity index (χ1v) is 5.00. The molecule has 1 rings (SSSR count). The number of carbonyl (C=O) groups excluding carboxylic acids is 1. The highest BCUT2D eigenvalue weighted by molar-refractivity contribution is 5.95. The van der Waals surface area contributed by atoms with Crippen LogP contribution in [0.2, 0.25) is 0 Å². The summed E-state index contributed by atoms with van der Waals surface area (Å²) in [5.74, 6) is -0.192. The number of benzene rings is 1. The minimum Gasteiger partial charge on any atom is -0.345 e. The first-order chi connectivity index (χ1) is 7.84. The second-order valence-corrected chi connectivity index (χ2v) is 3.97. The van der Waals surface area contributed by atoms with Gasteiger partial charge in [-0.1, -0.05) is 6.58 Å². The third kappa shape index (κ3) is 2.69. The molecule has 1 aromatic rings. The molecule has 0 N–H and O–H groups in total. The minimum atomic E-state index is -0.478. The normalized spacial score (nSPS) is 9.82. The lowest BCUT2D eigenvalue weighted by atomic mass is 10.0. The van der Waals surface area contributed by atoms with Crippen molar-refractivity contribution in [3.63, 3.8) is 0 Å². The first-order valence-electron chi connectivity index (χ1n) is 5.00. The highest BCUT2D eigenvalue weighted by atomic mass is 16.6. The summed E-state index contributed by atoms with van der Waals surface area (Å²) in [6.45, 7) is 5.36. The lowest BCUT2D eigenvalue weighted by Crippen LogP contribution is -2.21. The van der Waals surface area contributed by atoms with Crippen LogP contribution in [-0.4, -0.2) is 29.8 Å². The Labute approximate surface area is 99.5 Å². The van der Waals surface area contributed by atoms with E-state index < -0.39 is 4.92 Å². The van der Waals surface area contributed by atoms with Gasteiger partial charge in [-0.3, -0.25) is 14.9 Å². The lowest BCUT2D eigenvalue weighted by molar-refractivity contribution is -0.385. The summed E-state index contributed by atoms with van der Waals surface area (Å²) < 4.78 is 0. The lowest BCUT2D eigenvalue weighted by Gasteiger charge is -2.11. The van der Waals surface area contributed by atoms with E-state index in [0.717, 1.165) is 0 Å². The van der Waals surface area contributed by atoms with E-state index in [0.29, 0.717) is 16.7 Å². The van der Waals surface area contributed by atoms with Crippen LogP contribution in [0, 0.1) is 10.1 Å². The fraction of sp³-hybridized carbons (Fsp3) is 0.250. The van der Waals surface area contributed by atoms with Crippen LogP contribution in [-0.2, 0) is 0 Å². The van der Waals surface area contributed by atoms with E-state index in [1.165, 1.54) is 23.1 Å². The molecule has 1 amide bonds. The summed E-state index contributed by atoms with van der Waals surface area (Å²) in [5, 5.41) is 10.8. The Morgan fingerprint density at radius 3 is 2.41 bits per heavy atom. The quantitative estimate of drug-likeness (QED) is 0.595. The second-order valence-electron chi connectivity index (χ2n) is 3.97. The van der Waals surface area contributed by atoms with Crippen LogP contribution >= 0.6 is 0 Å². The maximum Gasteiger partial charge on any atom is 0.276 e. The predicted octanol–water partition coefficient (Wildman–Crippen LogP) is 2.33. The van der Waals surface area contributed by atoms with Crippen LogP contribution in [0.1, 0.15) is 22.8 Å². The van der Waals surface area contributed by atoms with Crippen molar-refractivity contribution in [2.45, 2.75) is 6.92 Å². The summed E-state index contributed by atoms with van der Waals surface area (Å²) in [4.78, 5) is 23.5. The molecule has 0 spiro atoms. The Bertz CT molecular complexity index is 493. The van der Waals surface area contributed by atoms with Gasteiger partial charge in [0.1, 0.15) is 0 Å². The van der Waals surface area contributed by atoms with Crippen molar-refractivity contribution in [2.24, 2.45) is 0 Å². The molecule has 0 radical (unpaired) electrons. The zero-order valence-corrected chi connectivity index (χ0v) is 10.1. The van der Waals surface area contributed by atoms with Crippen molar-refractivity contribution in [1.82, 2.24) is 4.90 Å². The largest absolute Gasteiger partial charge is 0.345 e. The van der Waals surface area contributed by atoms with Crippen molar-refractivity contribution in [3.05, 3.63) is 46.0 Å². The van der Waals surface area contributed by atoms with Gasteiger partial charge in [-0.2, -0.15) is 0 Å². The van der Waals surface area contributed by atoms with Gasteiger partial charge in [0.2, 0.25) is 0 Å². The zero-order chi connectivity index (χ0) is 13.2. The summed E-state index contributed by atoms with van der Waals surface area (Å²) in [6.07, 6.45) is 0. The number of hydrogen-bond acceptors (Lipinski definition) is 3. The number of carbonyl (C=O) groups is 1. The molecule has 90 valence electrons. The number of rotatable bonds is 3. The van der Waals surface area contributed by atoms with Crippen molar-refractivity contribution in [3.8, 4) is 0 Å². The molecule has 0 atom stereocenters. The van der Waals surface area contributed by atoms with Crippen molar-refractivity contribution >= 4 is 17.2 Å². The van der Waals surface area contributed by atoms with Gasteiger partial charge in [-0.15, -0.1) is 0 Å². The van der Waals surface area contributed by atoms with Crippen LogP contribution < -0.4 is 0 Å². The molecule has 0 unspecified atom stereocenters. The summed E-state index contributed by atoms with van der Waals surface area (Å²) in [6, 6.07) is 4.29. The average Bonchev–Trinajstić information content (AvgIpc) is 2.26. The van der Waals surface area contributed by atoms with E-state index in [1.807, 2.05) is 0 Å². The van der Waals surface area contributed by atoms with Crippen LogP contribution in [0.4, 0.5) is 5.69 Å². The van der Waals surface area contributed by atoms with E-state index in [4.69, 9.17) is 0 Å². The fourth-order valence-electron chi connectivity index (χ4n) is 1.43. The maximum absolute atomic E-state index is 11.7. The summed E-state index contributed by atoms with van der Waals surface area (Å²) >= 11 is 0. The van der Waals surface area contributed by atoms with E-state index in [-0.39, 0.29) is 11.6 Å². The van der Waals surface area contributed by atoms with Gasteiger partial charge in [0, 0.05) is 25.7 Å². The molecular formula is C12H14N2O3. The molecule has 5 nitrogen and oxygen atoms in total. The molecule has 0 aromatic heterocycles. The van der Waals surface area contributed by atoms with Crippen LogP contribution in [0.15, 0.2) is 24.8 Å². The Kier molecular flexibility index (Phi) is 3.62.